The van der Waals surface area contributed by atoms with Gasteiger partial charge in [0, 0.05) is 69.6 Å². The summed E-state index contributed by atoms with van der Waals surface area (Å²) in [6.45, 7) is 13.6. The average Bonchev–Trinajstić information content (AvgIpc) is 3.40. The topological polar surface area (TPSA) is 95.6 Å². The molecule has 0 aliphatic carbocycles. The minimum absolute atomic E-state index is 0.290. The van der Waals surface area contributed by atoms with Crippen LogP contribution in [0.4, 0.5) is 5.13 Å². The zero-order chi connectivity index (χ0) is 20.6. The lowest BCUT2D eigenvalue weighted by Crippen LogP contribution is -2.52. The fourth-order valence-corrected chi connectivity index (χ4v) is 3.87. The minimum Gasteiger partial charge on any atom is -0.357 e. The number of rotatable bonds is 8. The van der Waals surface area contributed by atoms with E-state index in [0.717, 1.165) is 81.3 Å². The lowest BCUT2D eigenvalue weighted by atomic mass is 10.2. The van der Waals surface area contributed by atoms with Crippen molar-refractivity contribution < 1.29 is 4.52 Å². The van der Waals surface area contributed by atoms with E-state index in [1.807, 2.05) is 0 Å². The Morgan fingerprint density at radius 1 is 1.21 bits per heavy atom. The fourth-order valence-electron chi connectivity index (χ4n) is 3.07. The van der Waals surface area contributed by atoms with Crippen LogP contribution >= 0.6 is 11.5 Å². The molecule has 29 heavy (non-hydrogen) atoms. The number of hydrogen-bond acceptors (Lipinski definition) is 8. The second-order valence-electron chi connectivity index (χ2n) is 7.36. The number of aryl methyl sites for hydroxylation is 2. The van der Waals surface area contributed by atoms with Gasteiger partial charge >= 0.3 is 0 Å². The van der Waals surface area contributed by atoms with Crippen LogP contribution in [0.2, 0.25) is 0 Å². The molecular weight excluding hydrogens is 388 g/mol. The van der Waals surface area contributed by atoms with Crippen molar-refractivity contribution in [1.82, 2.24) is 29.7 Å². The van der Waals surface area contributed by atoms with Crippen LogP contribution in [0, 0.1) is 0 Å². The van der Waals surface area contributed by atoms with Crippen LogP contribution < -0.4 is 10.2 Å². The second-order valence-corrected chi connectivity index (χ2v) is 8.09. The third-order valence-electron chi connectivity index (χ3n) is 4.77. The molecule has 3 heterocycles. The highest BCUT2D eigenvalue weighted by atomic mass is 32.1. The SMILES string of the molecule is CCNC(=NCCCc1nc(C(C)C)no1)N1CCN(c2nc(CC)ns2)CC1. The van der Waals surface area contributed by atoms with Crippen LogP contribution in [0.3, 0.4) is 0 Å². The molecule has 160 valence electrons. The molecule has 1 aliphatic rings. The van der Waals surface area contributed by atoms with Crippen LogP contribution in [0.15, 0.2) is 9.52 Å². The molecule has 1 N–H and O–H groups in total. The first kappa shape index (κ1) is 21.5. The van der Waals surface area contributed by atoms with Gasteiger partial charge in [0.05, 0.1) is 0 Å². The van der Waals surface area contributed by atoms with Crippen LogP contribution in [-0.2, 0) is 12.8 Å². The Bertz CT molecular complexity index is 779. The molecule has 0 bridgehead atoms. The largest absolute Gasteiger partial charge is 0.357 e. The van der Waals surface area contributed by atoms with Gasteiger partial charge in [-0.3, -0.25) is 4.99 Å². The number of piperazine rings is 1. The number of aromatic nitrogens is 4. The van der Waals surface area contributed by atoms with Crippen molar-refractivity contribution >= 4 is 22.6 Å². The zero-order valence-electron chi connectivity index (χ0n) is 17.9. The van der Waals surface area contributed by atoms with E-state index in [9.17, 15) is 0 Å². The Morgan fingerprint density at radius 3 is 2.62 bits per heavy atom. The van der Waals surface area contributed by atoms with E-state index in [-0.39, 0.29) is 0 Å². The molecule has 0 aromatic carbocycles. The predicted octanol–water partition coefficient (Wildman–Crippen LogP) is 2.33. The van der Waals surface area contributed by atoms with Crippen LogP contribution in [-0.4, -0.2) is 69.6 Å². The highest BCUT2D eigenvalue weighted by Gasteiger charge is 2.22. The Kier molecular flexibility index (Phi) is 7.79. The van der Waals surface area contributed by atoms with Crippen LogP contribution in [0.25, 0.3) is 0 Å². The first-order valence-corrected chi connectivity index (χ1v) is 11.3. The van der Waals surface area contributed by atoms with Crippen molar-refractivity contribution in [1.29, 1.82) is 0 Å². The van der Waals surface area contributed by atoms with Crippen molar-refractivity contribution in [3.8, 4) is 0 Å². The maximum Gasteiger partial charge on any atom is 0.226 e. The summed E-state index contributed by atoms with van der Waals surface area (Å²) in [6.07, 6.45) is 2.53. The van der Waals surface area contributed by atoms with Gasteiger partial charge < -0.3 is 19.6 Å². The normalized spacial score (nSPS) is 15.4. The van der Waals surface area contributed by atoms with Gasteiger partial charge in [-0.1, -0.05) is 25.9 Å². The van der Waals surface area contributed by atoms with Crippen LogP contribution in [0.5, 0.6) is 0 Å². The highest BCUT2D eigenvalue weighted by Crippen LogP contribution is 2.19. The summed E-state index contributed by atoms with van der Waals surface area (Å²) in [5.74, 6) is 3.68. The fraction of sp³-hybridized carbons (Fsp3) is 0.737. The van der Waals surface area contributed by atoms with Crippen molar-refractivity contribution in [2.24, 2.45) is 4.99 Å². The van der Waals surface area contributed by atoms with E-state index in [1.165, 1.54) is 11.5 Å². The Hall–Kier alpha value is -2.23. The molecule has 0 amide bonds. The van der Waals surface area contributed by atoms with E-state index in [2.05, 4.69) is 62.3 Å². The number of nitrogens with zero attached hydrogens (tertiary/aromatic N) is 7. The highest BCUT2D eigenvalue weighted by molar-refractivity contribution is 7.09. The summed E-state index contributed by atoms with van der Waals surface area (Å²) < 4.78 is 9.71. The maximum atomic E-state index is 5.31. The second kappa shape index (κ2) is 10.5. The molecule has 1 saturated heterocycles. The van der Waals surface area contributed by atoms with E-state index in [0.29, 0.717) is 11.8 Å². The molecule has 9 nitrogen and oxygen atoms in total. The third-order valence-corrected chi connectivity index (χ3v) is 5.58. The quantitative estimate of drug-likeness (QED) is 0.395. The smallest absolute Gasteiger partial charge is 0.226 e. The van der Waals surface area contributed by atoms with Crippen molar-refractivity contribution in [3.05, 3.63) is 17.5 Å². The number of guanidine groups is 1. The van der Waals surface area contributed by atoms with Crippen molar-refractivity contribution in [2.75, 3.05) is 44.2 Å². The van der Waals surface area contributed by atoms with Gasteiger partial charge in [-0.15, -0.1) is 0 Å². The third kappa shape index (κ3) is 5.88. The van der Waals surface area contributed by atoms with E-state index in [1.54, 1.807) is 0 Å². The molecular formula is C19H32N8OS. The van der Waals surface area contributed by atoms with Gasteiger partial charge in [0.25, 0.3) is 0 Å². The number of anilines is 1. The number of hydrogen-bond donors (Lipinski definition) is 1. The Morgan fingerprint density at radius 2 is 2.00 bits per heavy atom. The minimum atomic E-state index is 0.290. The molecule has 1 fully saturated rings. The van der Waals surface area contributed by atoms with Gasteiger partial charge in [0.15, 0.2) is 11.8 Å². The lowest BCUT2D eigenvalue weighted by molar-refractivity contribution is 0.366. The predicted molar refractivity (Wildman–Crippen MR) is 116 cm³/mol. The molecule has 0 unspecified atom stereocenters. The van der Waals surface area contributed by atoms with Gasteiger partial charge in [-0.2, -0.15) is 9.36 Å². The van der Waals surface area contributed by atoms with Crippen molar-refractivity contribution in [3.63, 3.8) is 0 Å². The number of aliphatic imine (C=N–C) groups is 1. The summed E-state index contributed by atoms with van der Waals surface area (Å²) in [5, 5.41) is 8.47. The molecule has 2 aromatic rings. The molecule has 0 saturated carbocycles. The number of nitrogens with one attached hydrogen (secondary N) is 1. The van der Waals surface area contributed by atoms with Crippen molar-refractivity contribution in [2.45, 2.75) is 52.9 Å². The molecule has 3 rings (SSSR count). The zero-order valence-corrected chi connectivity index (χ0v) is 18.7. The average molecular weight is 421 g/mol. The summed E-state index contributed by atoms with van der Waals surface area (Å²) >= 11 is 1.50. The van der Waals surface area contributed by atoms with Gasteiger partial charge in [0.2, 0.25) is 11.0 Å². The molecule has 2 aromatic heterocycles. The van der Waals surface area contributed by atoms with Crippen LogP contribution in [0.1, 0.15) is 57.6 Å². The molecule has 0 radical (unpaired) electrons. The summed E-state index contributed by atoms with van der Waals surface area (Å²) in [5.41, 5.74) is 0. The van der Waals surface area contributed by atoms with E-state index < -0.39 is 0 Å². The first-order valence-electron chi connectivity index (χ1n) is 10.5. The summed E-state index contributed by atoms with van der Waals surface area (Å²) in [7, 11) is 0. The van der Waals surface area contributed by atoms with Gasteiger partial charge in [-0.05, 0) is 13.3 Å². The first-order chi connectivity index (χ1) is 14.1. The standard InChI is InChI=1S/C19H32N8OS/c1-5-15-22-19(29-25-15)27-12-10-26(11-13-27)18(20-6-2)21-9-7-8-16-23-17(14(3)4)24-28-16/h14H,5-13H2,1-4H3,(H,20,21). The molecule has 1 aliphatic heterocycles. The Labute approximate surface area is 176 Å². The lowest BCUT2D eigenvalue weighted by Gasteiger charge is -2.36. The summed E-state index contributed by atoms with van der Waals surface area (Å²) in [4.78, 5) is 18.5. The molecule has 0 atom stereocenters. The van der Waals surface area contributed by atoms with E-state index >= 15 is 0 Å². The molecule has 10 heteroatoms. The maximum absolute atomic E-state index is 5.31. The summed E-state index contributed by atoms with van der Waals surface area (Å²) in [6, 6.07) is 0. The van der Waals surface area contributed by atoms with Gasteiger partial charge in [-0.25, -0.2) is 4.98 Å². The molecule has 0 spiro atoms. The monoisotopic (exact) mass is 420 g/mol. The van der Waals surface area contributed by atoms with Gasteiger partial charge in [0.1, 0.15) is 5.82 Å². The van der Waals surface area contributed by atoms with E-state index in [4.69, 9.17) is 9.52 Å². The Balaban J connectivity index is 1.48.